The van der Waals surface area contributed by atoms with Crippen molar-refractivity contribution in [3.63, 3.8) is 0 Å². The summed E-state index contributed by atoms with van der Waals surface area (Å²) in [6, 6.07) is -0.324. The Balaban J connectivity index is 2.51. The summed E-state index contributed by atoms with van der Waals surface area (Å²) in [4.78, 5) is 10.4. The van der Waals surface area contributed by atoms with Gasteiger partial charge in [0.05, 0.1) is 0 Å². The van der Waals surface area contributed by atoms with Crippen LogP contribution < -0.4 is 5.32 Å². The first-order valence-electron chi connectivity index (χ1n) is 3.52. The van der Waals surface area contributed by atoms with Crippen LogP contribution in [0.3, 0.4) is 0 Å². The molecule has 0 aromatic heterocycles. The van der Waals surface area contributed by atoms with Crippen LogP contribution in [0.5, 0.6) is 0 Å². The molecule has 0 spiro atoms. The highest BCUT2D eigenvalue weighted by Crippen LogP contribution is 2.21. The molecule has 2 N–H and O–H groups in total. The topological polar surface area (TPSA) is 49.3 Å². The third-order valence-corrected chi connectivity index (χ3v) is 1.92. The van der Waals surface area contributed by atoms with Crippen molar-refractivity contribution in [2.24, 2.45) is 0 Å². The molecule has 0 unspecified atom stereocenters. The first-order valence-corrected chi connectivity index (χ1v) is 3.52. The van der Waals surface area contributed by atoms with Gasteiger partial charge in [0.25, 0.3) is 0 Å². The number of rotatable bonds is 1. The fourth-order valence-corrected chi connectivity index (χ4v) is 1.31. The van der Waals surface area contributed by atoms with Crippen LogP contribution in [0.25, 0.3) is 0 Å². The predicted molar refractivity (Wildman–Crippen MR) is 37.9 cm³/mol. The zero-order valence-electron chi connectivity index (χ0n) is 6.35. The van der Waals surface area contributed by atoms with Crippen molar-refractivity contribution in [2.75, 3.05) is 0 Å². The van der Waals surface area contributed by atoms with Crippen molar-refractivity contribution in [3.8, 4) is 0 Å². The normalized spacial score (nSPS) is 30.4. The maximum atomic E-state index is 10.4. The molecular weight excluding hydrogens is 130 g/mol. The predicted octanol–water partition coefficient (Wildman–Crippen LogP) is 0.602. The van der Waals surface area contributed by atoms with Crippen molar-refractivity contribution in [2.45, 2.75) is 38.3 Å². The Morgan fingerprint density at radius 2 is 2.30 bits per heavy atom. The van der Waals surface area contributed by atoms with Crippen molar-refractivity contribution in [1.82, 2.24) is 5.32 Å². The van der Waals surface area contributed by atoms with E-state index in [9.17, 15) is 4.79 Å². The molecule has 1 aliphatic rings. The van der Waals surface area contributed by atoms with Crippen molar-refractivity contribution in [3.05, 3.63) is 0 Å². The summed E-state index contributed by atoms with van der Waals surface area (Å²) >= 11 is 0. The minimum Gasteiger partial charge on any atom is -0.480 e. The van der Waals surface area contributed by atoms with Crippen LogP contribution in [0.1, 0.15) is 26.7 Å². The van der Waals surface area contributed by atoms with Crippen LogP contribution in [-0.4, -0.2) is 22.7 Å². The van der Waals surface area contributed by atoms with Crippen molar-refractivity contribution < 1.29 is 9.90 Å². The van der Waals surface area contributed by atoms with E-state index in [1.165, 1.54) is 0 Å². The van der Waals surface area contributed by atoms with E-state index in [-0.39, 0.29) is 11.6 Å². The number of nitrogens with one attached hydrogen (secondary N) is 1. The molecule has 1 rings (SSSR count). The number of aliphatic carboxylic acids is 1. The number of carboxylic acids is 1. The van der Waals surface area contributed by atoms with Crippen LogP contribution in [0.4, 0.5) is 0 Å². The van der Waals surface area contributed by atoms with Crippen molar-refractivity contribution in [1.29, 1.82) is 0 Å². The molecule has 10 heavy (non-hydrogen) atoms. The van der Waals surface area contributed by atoms with Gasteiger partial charge < -0.3 is 5.11 Å². The van der Waals surface area contributed by atoms with Crippen LogP contribution in [-0.2, 0) is 4.79 Å². The summed E-state index contributed by atoms with van der Waals surface area (Å²) < 4.78 is 0. The highest BCUT2D eigenvalue weighted by Gasteiger charge is 2.33. The molecule has 1 aliphatic heterocycles. The van der Waals surface area contributed by atoms with Gasteiger partial charge in [-0.15, -0.1) is 0 Å². The number of hydrogen-bond donors (Lipinski definition) is 2. The number of carboxylic acid groups (broad SMARTS) is 1. The zero-order valence-corrected chi connectivity index (χ0v) is 6.35. The van der Waals surface area contributed by atoms with Gasteiger partial charge in [-0.1, -0.05) is 0 Å². The number of carbonyl (C=O) groups is 1. The molecular formula is C7H13NO2. The third kappa shape index (κ3) is 1.48. The van der Waals surface area contributed by atoms with Crippen LogP contribution in [0.15, 0.2) is 0 Å². The third-order valence-electron chi connectivity index (χ3n) is 1.92. The van der Waals surface area contributed by atoms with Gasteiger partial charge in [0.1, 0.15) is 6.04 Å². The first kappa shape index (κ1) is 7.54. The molecule has 3 nitrogen and oxygen atoms in total. The van der Waals surface area contributed by atoms with E-state index < -0.39 is 5.97 Å². The molecule has 0 radical (unpaired) electrons. The van der Waals surface area contributed by atoms with Crippen LogP contribution >= 0.6 is 0 Å². The van der Waals surface area contributed by atoms with E-state index >= 15 is 0 Å². The molecule has 1 atom stereocenters. The molecule has 3 heteroatoms. The molecule has 0 bridgehead atoms. The average Bonchev–Trinajstić information content (AvgIpc) is 2.10. The lowest BCUT2D eigenvalue weighted by Gasteiger charge is -2.17. The van der Waals surface area contributed by atoms with Gasteiger partial charge in [-0.05, 0) is 26.7 Å². The highest BCUT2D eigenvalue weighted by atomic mass is 16.4. The maximum Gasteiger partial charge on any atom is 0.320 e. The van der Waals surface area contributed by atoms with Gasteiger partial charge in [0, 0.05) is 5.54 Å². The standard InChI is InChI=1S/C7H13NO2/c1-7(2)4-3-5(8-7)6(9)10/h5,8H,3-4H2,1-2H3,(H,9,10)/t5-/m1/s1. The Bertz CT molecular complexity index is 154. The summed E-state index contributed by atoms with van der Waals surface area (Å²) in [6.45, 7) is 4.05. The second-order valence-electron chi connectivity index (χ2n) is 3.46. The fraction of sp³-hybridized carbons (Fsp3) is 0.857. The molecule has 0 amide bonds. The minimum absolute atomic E-state index is 0.0169. The molecule has 0 aromatic rings. The van der Waals surface area contributed by atoms with Crippen LogP contribution in [0, 0.1) is 0 Å². The first-order chi connectivity index (χ1) is 4.51. The average molecular weight is 143 g/mol. The Morgan fingerprint density at radius 3 is 2.50 bits per heavy atom. The van der Waals surface area contributed by atoms with E-state index in [0.29, 0.717) is 0 Å². The van der Waals surface area contributed by atoms with E-state index in [2.05, 4.69) is 5.32 Å². The summed E-state index contributed by atoms with van der Waals surface area (Å²) in [5.74, 6) is -0.731. The lowest BCUT2D eigenvalue weighted by Crippen LogP contribution is -2.41. The second-order valence-corrected chi connectivity index (χ2v) is 3.46. The van der Waals surface area contributed by atoms with Gasteiger partial charge in [-0.3, -0.25) is 10.1 Å². The summed E-state index contributed by atoms with van der Waals surface area (Å²) in [6.07, 6.45) is 1.70. The quantitative estimate of drug-likeness (QED) is 0.565. The van der Waals surface area contributed by atoms with E-state index in [4.69, 9.17) is 5.11 Å². The number of hydrogen-bond acceptors (Lipinski definition) is 2. The van der Waals surface area contributed by atoms with E-state index in [1.54, 1.807) is 0 Å². The Labute approximate surface area is 60.4 Å². The summed E-state index contributed by atoms with van der Waals surface area (Å²) in [7, 11) is 0. The van der Waals surface area contributed by atoms with Gasteiger partial charge in [0.15, 0.2) is 0 Å². The minimum atomic E-state index is -0.731. The van der Waals surface area contributed by atoms with E-state index in [1.807, 2.05) is 13.8 Å². The van der Waals surface area contributed by atoms with Gasteiger partial charge in [-0.2, -0.15) is 0 Å². The molecule has 1 fully saturated rings. The Morgan fingerprint density at radius 1 is 1.70 bits per heavy atom. The van der Waals surface area contributed by atoms with E-state index in [0.717, 1.165) is 12.8 Å². The molecule has 0 saturated carbocycles. The monoisotopic (exact) mass is 143 g/mol. The maximum absolute atomic E-state index is 10.4. The molecule has 0 aromatic carbocycles. The lowest BCUT2D eigenvalue weighted by atomic mass is 10.0. The molecule has 0 aliphatic carbocycles. The second kappa shape index (κ2) is 2.23. The van der Waals surface area contributed by atoms with Gasteiger partial charge in [-0.25, -0.2) is 0 Å². The highest BCUT2D eigenvalue weighted by molar-refractivity contribution is 5.74. The Kier molecular flexibility index (Phi) is 1.68. The Hall–Kier alpha value is -0.570. The van der Waals surface area contributed by atoms with Crippen molar-refractivity contribution >= 4 is 5.97 Å². The SMILES string of the molecule is CC1(C)CC[C@H](C(=O)O)N1. The largest absolute Gasteiger partial charge is 0.480 e. The smallest absolute Gasteiger partial charge is 0.320 e. The zero-order chi connectivity index (χ0) is 7.78. The summed E-state index contributed by atoms with van der Waals surface area (Å²) in [5, 5.41) is 11.6. The van der Waals surface area contributed by atoms with Gasteiger partial charge >= 0.3 is 5.97 Å². The van der Waals surface area contributed by atoms with Crippen LogP contribution in [0.2, 0.25) is 0 Å². The molecule has 1 saturated heterocycles. The van der Waals surface area contributed by atoms with Gasteiger partial charge in [0.2, 0.25) is 0 Å². The molecule has 1 heterocycles. The lowest BCUT2D eigenvalue weighted by molar-refractivity contribution is -0.139. The molecule has 58 valence electrons. The fourth-order valence-electron chi connectivity index (χ4n) is 1.31. The summed E-state index contributed by atoms with van der Waals surface area (Å²) in [5.41, 5.74) is 0.0169.